The number of thiophene rings is 1. The molecule has 0 atom stereocenters. The molecule has 4 rings (SSSR count). The molecule has 0 aliphatic rings. The number of anilines is 1. The van der Waals surface area contributed by atoms with Crippen LogP contribution in [0.25, 0.3) is 16.3 Å². The van der Waals surface area contributed by atoms with E-state index in [1.54, 1.807) is 23.0 Å². The summed E-state index contributed by atoms with van der Waals surface area (Å²) in [5.41, 5.74) is 2.61. The topological polar surface area (TPSA) is 113 Å². The van der Waals surface area contributed by atoms with Crippen LogP contribution in [0.2, 0.25) is 0 Å². The summed E-state index contributed by atoms with van der Waals surface area (Å²) in [7, 11) is 0. The minimum atomic E-state index is -1.13. The molecule has 9 heteroatoms. The predicted molar refractivity (Wildman–Crippen MR) is 121 cm³/mol. The number of hydrogen-bond acceptors (Lipinski definition) is 5. The zero-order chi connectivity index (χ0) is 22.5. The highest BCUT2D eigenvalue weighted by Gasteiger charge is 2.19. The Morgan fingerprint density at radius 3 is 2.34 bits per heavy atom. The number of rotatable bonds is 7. The lowest BCUT2D eigenvalue weighted by atomic mass is 10.1. The Balaban J connectivity index is 1.56. The summed E-state index contributed by atoms with van der Waals surface area (Å²) >= 11 is 1.49. The number of para-hydroxylation sites is 1. The number of hydrogen-bond donors (Lipinski definition) is 3. The molecule has 0 unspecified atom stereocenters. The van der Waals surface area contributed by atoms with Crippen LogP contribution in [-0.4, -0.2) is 39.2 Å². The van der Waals surface area contributed by atoms with E-state index in [0.717, 1.165) is 10.6 Å². The third-order valence-corrected chi connectivity index (χ3v) is 5.42. The molecule has 0 aliphatic heterocycles. The van der Waals surface area contributed by atoms with Gasteiger partial charge >= 0.3 is 5.97 Å². The number of aliphatic carboxylic acids is 1. The standard InChI is InChI=1S/C23H18N4O4S/c28-20(29)13-24-22(30)15-8-10-16(11-9-15)25-23(31)18-14-27(17-5-2-1-3-6-17)26-21(18)19-7-4-12-32-19/h1-12,14H,13H2,(H,24,30)(H,25,31)(H,28,29). The smallest absolute Gasteiger partial charge is 0.322 e. The Morgan fingerprint density at radius 1 is 0.938 bits per heavy atom. The molecule has 0 aliphatic carbocycles. The van der Waals surface area contributed by atoms with Gasteiger partial charge in [0.15, 0.2) is 0 Å². The average Bonchev–Trinajstić information content (AvgIpc) is 3.48. The van der Waals surface area contributed by atoms with Crippen LogP contribution in [0.1, 0.15) is 20.7 Å². The summed E-state index contributed by atoms with van der Waals surface area (Å²) in [6.45, 7) is -0.464. The lowest BCUT2D eigenvalue weighted by molar-refractivity contribution is -0.135. The van der Waals surface area contributed by atoms with Crippen LogP contribution in [0.5, 0.6) is 0 Å². The van der Waals surface area contributed by atoms with Gasteiger partial charge in [0, 0.05) is 17.4 Å². The summed E-state index contributed by atoms with van der Waals surface area (Å²) < 4.78 is 1.67. The van der Waals surface area contributed by atoms with Gasteiger partial charge in [0.25, 0.3) is 11.8 Å². The van der Waals surface area contributed by atoms with Crippen molar-refractivity contribution in [3.05, 3.63) is 89.4 Å². The van der Waals surface area contributed by atoms with E-state index in [-0.39, 0.29) is 5.91 Å². The largest absolute Gasteiger partial charge is 0.480 e. The van der Waals surface area contributed by atoms with Gasteiger partial charge in [0.1, 0.15) is 12.2 Å². The first kappa shape index (κ1) is 21.0. The molecule has 2 aromatic carbocycles. The maximum Gasteiger partial charge on any atom is 0.322 e. The van der Waals surface area contributed by atoms with Crippen molar-refractivity contribution >= 4 is 34.8 Å². The second kappa shape index (κ2) is 9.27. The second-order valence-electron chi connectivity index (χ2n) is 6.76. The summed E-state index contributed by atoms with van der Waals surface area (Å²) in [5, 5.41) is 20.3. The lowest BCUT2D eigenvalue weighted by Gasteiger charge is -2.07. The number of carbonyl (C=O) groups excluding carboxylic acids is 2. The van der Waals surface area contributed by atoms with Gasteiger partial charge in [-0.15, -0.1) is 11.3 Å². The van der Waals surface area contributed by atoms with Crippen LogP contribution in [-0.2, 0) is 4.79 Å². The fourth-order valence-electron chi connectivity index (χ4n) is 3.01. The summed E-state index contributed by atoms with van der Waals surface area (Å²) in [5.74, 6) is -1.96. The van der Waals surface area contributed by atoms with E-state index in [1.807, 2.05) is 47.8 Å². The fourth-order valence-corrected chi connectivity index (χ4v) is 3.73. The Kier molecular flexibility index (Phi) is 6.09. The van der Waals surface area contributed by atoms with Crippen molar-refractivity contribution in [2.24, 2.45) is 0 Å². The molecule has 3 N–H and O–H groups in total. The number of amides is 2. The molecule has 2 heterocycles. The molecule has 32 heavy (non-hydrogen) atoms. The lowest BCUT2D eigenvalue weighted by Crippen LogP contribution is -2.29. The first-order chi connectivity index (χ1) is 15.5. The number of nitrogens with one attached hydrogen (secondary N) is 2. The molecular formula is C23H18N4O4S. The highest BCUT2D eigenvalue weighted by Crippen LogP contribution is 2.28. The summed E-state index contributed by atoms with van der Waals surface area (Å²) in [4.78, 5) is 36.5. The van der Waals surface area contributed by atoms with Crippen molar-refractivity contribution in [2.75, 3.05) is 11.9 Å². The van der Waals surface area contributed by atoms with E-state index < -0.39 is 18.4 Å². The van der Waals surface area contributed by atoms with Crippen molar-refractivity contribution in [3.8, 4) is 16.3 Å². The van der Waals surface area contributed by atoms with Crippen molar-refractivity contribution in [3.63, 3.8) is 0 Å². The first-order valence-corrected chi connectivity index (χ1v) is 10.5. The molecule has 2 amide bonds. The molecule has 0 saturated carbocycles. The number of carboxylic acid groups (broad SMARTS) is 1. The van der Waals surface area contributed by atoms with Crippen molar-refractivity contribution in [1.29, 1.82) is 0 Å². The monoisotopic (exact) mass is 446 g/mol. The van der Waals surface area contributed by atoms with E-state index >= 15 is 0 Å². The number of carbonyl (C=O) groups is 3. The Bertz CT molecular complexity index is 1250. The van der Waals surface area contributed by atoms with E-state index in [1.165, 1.54) is 23.5 Å². The van der Waals surface area contributed by atoms with Gasteiger partial charge in [0.2, 0.25) is 0 Å². The molecule has 160 valence electrons. The maximum atomic E-state index is 13.1. The van der Waals surface area contributed by atoms with Gasteiger partial charge in [-0.2, -0.15) is 5.10 Å². The van der Waals surface area contributed by atoms with Crippen molar-refractivity contribution in [1.82, 2.24) is 15.1 Å². The molecule has 4 aromatic rings. The van der Waals surface area contributed by atoms with Crippen LogP contribution in [0.4, 0.5) is 5.69 Å². The van der Waals surface area contributed by atoms with Gasteiger partial charge in [0.05, 0.1) is 16.1 Å². The Morgan fingerprint density at radius 2 is 1.69 bits per heavy atom. The quantitative estimate of drug-likeness (QED) is 0.401. The van der Waals surface area contributed by atoms with Crippen LogP contribution in [0.3, 0.4) is 0 Å². The molecule has 0 spiro atoms. The maximum absolute atomic E-state index is 13.1. The third-order valence-electron chi connectivity index (χ3n) is 4.54. The van der Waals surface area contributed by atoms with Crippen LogP contribution >= 0.6 is 11.3 Å². The van der Waals surface area contributed by atoms with Crippen molar-refractivity contribution < 1.29 is 19.5 Å². The van der Waals surface area contributed by atoms with Gasteiger partial charge in [-0.1, -0.05) is 24.3 Å². The summed E-state index contributed by atoms with van der Waals surface area (Å²) in [6, 6.07) is 19.5. The highest BCUT2D eigenvalue weighted by atomic mass is 32.1. The third kappa shape index (κ3) is 4.73. The zero-order valence-electron chi connectivity index (χ0n) is 16.7. The highest BCUT2D eigenvalue weighted by molar-refractivity contribution is 7.13. The van der Waals surface area contributed by atoms with E-state index in [4.69, 9.17) is 5.11 Å². The zero-order valence-corrected chi connectivity index (χ0v) is 17.5. The minimum Gasteiger partial charge on any atom is -0.480 e. The Hall–Kier alpha value is -4.24. The second-order valence-corrected chi connectivity index (χ2v) is 7.70. The predicted octanol–water partition coefficient (Wildman–Crippen LogP) is 3.67. The van der Waals surface area contributed by atoms with E-state index in [0.29, 0.717) is 22.5 Å². The van der Waals surface area contributed by atoms with Gasteiger partial charge in [-0.05, 0) is 47.8 Å². The van der Waals surface area contributed by atoms with Gasteiger partial charge in [-0.3, -0.25) is 14.4 Å². The molecule has 0 fully saturated rings. The van der Waals surface area contributed by atoms with Crippen LogP contribution in [0.15, 0.2) is 78.3 Å². The number of nitrogens with zero attached hydrogens (tertiary/aromatic N) is 2. The molecule has 0 radical (unpaired) electrons. The van der Waals surface area contributed by atoms with Crippen LogP contribution < -0.4 is 10.6 Å². The SMILES string of the molecule is O=C(O)CNC(=O)c1ccc(NC(=O)c2cn(-c3ccccc3)nc2-c2cccs2)cc1. The van der Waals surface area contributed by atoms with E-state index in [2.05, 4.69) is 15.7 Å². The molecular weight excluding hydrogens is 428 g/mol. The average molecular weight is 446 g/mol. The van der Waals surface area contributed by atoms with Crippen LogP contribution in [0, 0.1) is 0 Å². The van der Waals surface area contributed by atoms with Crippen molar-refractivity contribution in [2.45, 2.75) is 0 Å². The number of carboxylic acids is 1. The van der Waals surface area contributed by atoms with E-state index in [9.17, 15) is 14.4 Å². The first-order valence-electron chi connectivity index (χ1n) is 9.61. The number of aromatic nitrogens is 2. The molecule has 2 aromatic heterocycles. The summed E-state index contributed by atoms with van der Waals surface area (Å²) in [6.07, 6.45) is 1.69. The molecule has 0 saturated heterocycles. The minimum absolute atomic E-state index is 0.292. The number of benzene rings is 2. The normalized spacial score (nSPS) is 10.5. The fraction of sp³-hybridized carbons (Fsp3) is 0.0435. The molecule has 8 nitrogen and oxygen atoms in total. The Labute approximate surface area is 187 Å². The van der Waals surface area contributed by atoms with Gasteiger partial charge < -0.3 is 15.7 Å². The van der Waals surface area contributed by atoms with Gasteiger partial charge in [-0.25, -0.2) is 4.68 Å². The molecule has 0 bridgehead atoms.